The van der Waals surface area contributed by atoms with Gasteiger partial charge in [0.25, 0.3) is 0 Å². The van der Waals surface area contributed by atoms with Gasteiger partial charge >= 0.3 is 6.01 Å². The van der Waals surface area contributed by atoms with E-state index in [1.165, 1.54) is 7.11 Å². The van der Waals surface area contributed by atoms with Crippen molar-refractivity contribution in [2.45, 2.75) is 0 Å². The lowest BCUT2D eigenvalue weighted by Crippen LogP contribution is -1.97. The SMILES string of the molecule is COc1nc(Cl)nc(-c2ccc(Cl)cc2)n1. The van der Waals surface area contributed by atoms with Crippen LogP contribution in [-0.2, 0) is 0 Å². The molecule has 0 unspecified atom stereocenters. The molecule has 4 nitrogen and oxygen atoms in total. The Labute approximate surface area is 102 Å². The first kappa shape index (κ1) is 11.1. The maximum atomic E-state index is 5.79. The van der Waals surface area contributed by atoms with Crippen LogP contribution < -0.4 is 4.74 Å². The Bertz CT molecular complexity index is 502. The second-order valence-electron chi connectivity index (χ2n) is 2.92. The monoisotopic (exact) mass is 255 g/mol. The summed E-state index contributed by atoms with van der Waals surface area (Å²) in [7, 11) is 1.47. The average Bonchev–Trinajstić information content (AvgIpc) is 2.29. The lowest BCUT2D eigenvalue weighted by molar-refractivity contribution is 0.379. The highest BCUT2D eigenvalue weighted by molar-refractivity contribution is 6.30. The van der Waals surface area contributed by atoms with Crippen LogP contribution in [0.2, 0.25) is 10.3 Å². The molecule has 1 aromatic heterocycles. The van der Waals surface area contributed by atoms with Crippen LogP contribution in [0.1, 0.15) is 0 Å². The number of aromatic nitrogens is 3. The minimum absolute atomic E-state index is 0.0943. The Kier molecular flexibility index (Phi) is 3.22. The molecular formula is C10H7Cl2N3O. The summed E-state index contributed by atoms with van der Waals surface area (Å²) in [6, 6.07) is 7.29. The van der Waals surface area contributed by atoms with Gasteiger partial charge in [-0.25, -0.2) is 0 Å². The number of benzene rings is 1. The van der Waals surface area contributed by atoms with Crippen molar-refractivity contribution < 1.29 is 4.74 Å². The van der Waals surface area contributed by atoms with Gasteiger partial charge in [-0.2, -0.15) is 15.0 Å². The van der Waals surface area contributed by atoms with Crippen LogP contribution in [0, 0.1) is 0 Å². The molecule has 0 spiro atoms. The Hall–Kier alpha value is -1.39. The summed E-state index contributed by atoms with van der Waals surface area (Å²) in [6.07, 6.45) is 0. The fourth-order valence-corrected chi connectivity index (χ4v) is 1.43. The van der Waals surface area contributed by atoms with Crippen molar-refractivity contribution in [3.05, 3.63) is 34.6 Å². The lowest BCUT2D eigenvalue weighted by atomic mass is 10.2. The molecule has 6 heteroatoms. The molecular weight excluding hydrogens is 249 g/mol. The van der Waals surface area contributed by atoms with Crippen LogP contribution in [0.25, 0.3) is 11.4 Å². The Morgan fingerprint density at radius 2 is 1.69 bits per heavy atom. The van der Waals surface area contributed by atoms with Crippen molar-refractivity contribution >= 4 is 23.2 Å². The first-order valence-corrected chi connectivity index (χ1v) is 5.16. The number of nitrogens with zero attached hydrogens (tertiary/aromatic N) is 3. The van der Waals surface area contributed by atoms with Crippen molar-refractivity contribution in [2.75, 3.05) is 7.11 Å². The number of hydrogen-bond donors (Lipinski definition) is 0. The summed E-state index contributed by atoms with van der Waals surface area (Å²) in [4.78, 5) is 11.9. The molecule has 2 rings (SSSR count). The molecule has 0 saturated carbocycles. The number of methoxy groups -OCH3 is 1. The number of hydrogen-bond acceptors (Lipinski definition) is 4. The molecule has 0 aliphatic heterocycles. The molecule has 0 aliphatic rings. The van der Waals surface area contributed by atoms with Gasteiger partial charge in [-0.15, -0.1) is 0 Å². The van der Waals surface area contributed by atoms with E-state index in [2.05, 4.69) is 15.0 Å². The van der Waals surface area contributed by atoms with Gasteiger partial charge in [-0.1, -0.05) is 11.6 Å². The molecule has 16 heavy (non-hydrogen) atoms. The van der Waals surface area contributed by atoms with E-state index in [0.717, 1.165) is 5.56 Å². The largest absolute Gasteiger partial charge is 0.467 e. The predicted molar refractivity (Wildman–Crippen MR) is 61.8 cm³/mol. The van der Waals surface area contributed by atoms with Crippen molar-refractivity contribution in [2.24, 2.45) is 0 Å². The topological polar surface area (TPSA) is 47.9 Å². The van der Waals surface area contributed by atoms with Gasteiger partial charge in [0.1, 0.15) is 0 Å². The zero-order valence-corrected chi connectivity index (χ0v) is 9.83. The van der Waals surface area contributed by atoms with E-state index < -0.39 is 0 Å². The highest BCUT2D eigenvalue weighted by atomic mass is 35.5. The van der Waals surface area contributed by atoms with Crippen molar-refractivity contribution in [3.63, 3.8) is 0 Å². The van der Waals surface area contributed by atoms with Crippen molar-refractivity contribution in [3.8, 4) is 17.4 Å². The predicted octanol–water partition coefficient (Wildman–Crippen LogP) is 2.85. The highest BCUT2D eigenvalue weighted by Gasteiger charge is 2.07. The van der Waals surface area contributed by atoms with E-state index in [1.807, 2.05) is 0 Å². The standard InChI is InChI=1S/C10H7Cl2N3O/c1-16-10-14-8(13-9(12)15-10)6-2-4-7(11)5-3-6/h2-5H,1H3. The van der Waals surface area contributed by atoms with E-state index in [0.29, 0.717) is 10.8 Å². The summed E-state index contributed by atoms with van der Waals surface area (Å²) in [5.41, 5.74) is 0.798. The van der Waals surface area contributed by atoms with Gasteiger partial charge in [0.15, 0.2) is 5.82 Å². The van der Waals surface area contributed by atoms with Gasteiger partial charge in [-0.3, -0.25) is 0 Å². The molecule has 0 aliphatic carbocycles. The lowest BCUT2D eigenvalue weighted by Gasteiger charge is -2.02. The van der Waals surface area contributed by atoms with E-state index in [1.54, 1.807) is 24.3 Å². The average molecular weight is 256 g/mol. The van der Waals surface area contributed by atoms with Gasteiger partial charge in [0.2, 0.25) is 5.28 Å². The Morgan fingerprint density at radius 3 is 2.31 bits per heavy atom. The molecule has 0 radical (unpaired) electrons. The van der Waals surface area contributed by atoms with Crippen LogP contribution in [0.15, 0.2) is 24.3 Å². The maximum Gasteiger partial charge on any atom is 0.321 e. The zero-order valence-electron chi connectivity index (χ0n) is 8.32. The molecule has 82 valence electrons. The third kappa shape index (κ3) is 2.40. The second kappa shape index (κ2) is 4.63. The summed E-state index contributed by atoms with van der Waals surface area (Å²) in [5, 5.41) is 0.743. The van der Waals surface area contributed by atoms with E-state index in [9.17, 15) is 0 Å². The first-order chi connectivity index (χ1) is 7.69. The normalized spacial score (nSPS) is 10.2. The highest BCUT2D eigenvalue weighted by Crippen LogP contribution is 2.20. The van der Waals surface area contributed by atoms with Crippen molar-refractivity contribution in [1.82, 2.24) is 15.0 Å². The van der Waals surface area contributed by atoms with Crippen LogP contribution in [0.5, 0.6) is 6.01 Å². The summed E-state index contributed by atoms with van der Waals surface area (Å²) in [5.74, 6) is 0.452. The third-order valence-corrected chi connectivity index (χ3v) is 2.29. The van der Waals surface area contributed by atoms with E-state index in [4.69, 9.17) is 27.9 Å². The number of rotatable bonds is 2. The summed E-state index contributed by atoms with van der Waals surface area (Å²) in [6.45, 7) is 0. The fraction of sp³-hybridized carbons (Fsp3) is 0.100. The van der Waals surface area contributed by atoms with Gasteiger partial charge in [0, 0.05) is 10.6 Å². The van der Waals surface area contributed by atoms with Crippen molar-refractivity contribution in [1.29, 1.82) is 0 Å². The number of ether oxygens (including phenoxy) is 1. The molecule has 0 amide bonds. The number of halogens is 2. The van der Waals surface area contributed by atoms with Crippen LogP contribution in [0.3, 0.4) is 0 Å². The Balaban J connectivity index is 2.47. The minimum Gasteiger partial charge on any atom is -0.467 e. The smallest absolute Gasteiger partial charge is 0.321 e. The van der Waals surface area contributed by atoms with Gasteiger partial charge in [0.05, 0.1) is 7.11 Å². The zero-order chi connectivity index (χ0) is 11.5. The van der Waals surface area contributed by atoms with Gasteiger partial charge in [-0.05, 0) is 35.9 Å². The quantitative estimate of drug-likeness (QED) is 0.828. The molecule has 0 N–H and O–H groups in total. The molecule has 0 saturated heterocycles. The molecule has 0 bridgehead atoms. The summed E-state index contributed by atoms with van der Waals surface area (Å²) >= 11 is 11.5. The van der Waals surface area contributed by atoms with Gasteiger partial charge < -0.3 is 4.74 Å². The second-order valence-corrected chi connectivity index (χ2v) is 3.70. The fourth-order valence-electron chi connectivity index (χ4n) is 1.15. The molecule has 1 heterocycles. The van der Waals surface area contributed by atoms with Crippen LogP contribution in [-0.4, -0.2) is 22.1 Å². The molecule has 0 fully saturated rings. The molecule has 0 atom stereocenters. The maximum absolute atomic E-state index is 5.79. The minimum atomic E-state index is 0.0943. The molecule has 2 aromatic rings. The van der Waals surface area contributed by atoms with E-state index >= 15 is 0 Å². The van der Waals surface area contributed by atoms with Crippen LogP contribution in [0.4, 0.5) is 0 Å². The van der Waals surface area contributed by atoms with Crippen LogP contribution >= 0.6 is 23.2 Å². The Morgan fingerprint density at radius 1 is 1.00 bits per heavy atom. The van der Waals surface area contributed by atoms with E-state index in [-0.39, 0.29) is 11.3 Å². The first-order valence-electron chi connectivity index (χ1n) is 4.40. The summed E-state index contributed by atoms with van der Waals surface area (Å²) < 4.78 is 4.91. The third-order valence-electron chi connectivity index (χ3n) is 1.87. The molecule has 1 aromatic carbocycles.